The number of carbonyl (C=O) groups excluding carboxylic acids is 3. The molecular formula is C29H34O6. The van der Waals surface area contributed by atoms with E-state index in [2.05, 4.69) is 12.1 Å². The third-order valence-electron chi connectivity index (χ3n) is 6.87. The first-order chi connectivity index (χ1) is 16.3. The van der Waals surface area contributed by atoms with Crippen molar-refractivity contribution in [3.05, 3.63) is 69.8 Å². The van der Waals surface area contributed by atoms with Crippen LogP contribution in [0.1, 0.15) is 79.7 Å². The first-order valence-electron chi connectivity index (χ1n) is 11.7. The number of hydrogen-bond donors (Lipinski definition) is 0. The summed E-state index contributed by atoms with van der Waals surface area (Å²) in [5.41, 5.74) is 4.47. The summed E-state index contributed by atoms with van der Waals surface area (Å²) in [4.78, 5) is 35.7. The molecule has 0 fully saturated rings. The zero-order chi connectivity index (χ0) is 26.1. The molecule has 0 radical (unpaired) electrons. The average molecular weight is 479 g/mol. The van der Waals surface area contributed by atoms with Crippen molar-refractivity contribution in [1.82, 2.24) is 0 Å². The number of methoxy groups -OCH3 is 1. The molecule has 1 aliphatic rings. The van der Waals surface area contributed by atoms with Gasteiger partial charge in [0.1, 0.15) is 12.2 Å². The number of ether oxygens (including phenoxy) is 3. The zero-order valence-electron chi connectivity index (χ0n) is 21.7. The molecule has 0 aliphatic heterocycles. The minimum atomic E-state index is -0.642. The fourth-order valence-corrected chi connectivity index (χ4v) is 4.84. The van der Waals surface area contributed by atoms with Gasteiger partial charge in [-0.25, -0.2) is 4.79 Å². The molecule has 6 heteroatoms. The molecule has 2 aromatic carbocycles. The summed E-state index contributed by atoms with van der Waals surface area (Å²) in [6.45, 7) is 12.9. The highest BCUT2D eigenvalue weighted by atomic mass is 16.6. The SMILES string of the molecule is COC(=O)c1ccc(C=Cc2cc3c(cc2C)C(C)(C)C(OC(C)=O)[C@H](OC(C)=O)C3(C)C)cc1. The molecular weight excluding hydrogens is 444 g/mol. The summed E-state index contributed by atoms with van der Waals surface area (Å²) in [5.74, 6) is -1.19. The summed E-state index contributed by atoms with van der Waals surface area (Å²) >= 11 is 0. The van der Waals surface area contributed by atoms with E-state index in [0.717, 1.165) is 27.8 Å². The predicted molar refractivity (Wildman–Crippen MR) is 135 cm³/mol. The van der Waals surface area contributed by atoms with Crippen LogP contribution in [-0.4, -0.2) is 37.2 Å². The van der Waals surface area contributed by atoms with E-state index in [4.69, 9.17) is 14.2 Å². The van der Waals surface area contributed by atoms with Crippen LogP contribution in [0.15, 0.2) is 36.4 Å². The number of carbonyl (C=O) groups is 3. The van der Waals surface area contributed by atoms with E-state index >= 15 is 0 Å². The van der Waals surface area contributed by atoms with E-state index in [-0.39, 0.29) is 5.97 Å². The summed E-state index contributed by atoms with van der Waals surface area (Å²) in [6, 6.07) is 11.5. The molecule has 0 bridgehead atoms. The normalized spacial score (nSPS) is 20.1. The van der Waals surface area contributed by atoms with E-state index in [1.807, 2.05) is 58.9 Å². The smallest absolute Gasteiger partial charge is 0.337 e. The molecule has 35 heavy (non-hydrogen) atoms. The molecule has 0 saturated carbocycles. The minimum Gasteiger partial charge on any atom is -0.465 e. The predicted octanol–water partition coefficient (Wildman–Crippen LogP) is 5.38. The fraction of sp³-hybridized carbons (Fsp3) is 0.414. The van der Waals surface area contributed by atoms with Gasteiger partial charge in [-0.05, 0) is 46.9 Å². The van der Waals surface area contributed by atoms with Crippen LogP contribution in [0.3, 0.4) is 0 Å². The van der Waals surface area contributed by atoms with Gasteiger partial charge in [0, 0.05) is 24.7 Å². The summed E-state index contributed by atoms with van der Waals surface area (Å²) < 4.78 is 16.3. The summed E-state index contributed by atoms with van der Waals surface area (Å²) in [6.07, 6.45) is 2.75. The fourth-order valence-electron chi connectivity index (χ4n) is 4.84. The lowest BCUT2D eigenvalue weighted by Crippen LogP contribution is -2.59. The molecule has 0 aromatic heterocycles. The second kappa shape index (κ2) is 9.68. The van der Waals surface area contributed by atoms with Gasteiger partial charge in [-0.3, -0.25) is 9.59 Å². The highest BCUT2D eigenvalue weighted by Gasteiger charge is 2.55. The Balaban J connectivity index is 2.07. The van der Waals surface area contributed by atoms with Crippen molar-refractivity contribution >= 4 is 30.1 Å². The zero-order valence-corrected chi connectivity index (χ0v) is 21.7. The van der Waals surface area contributed by atoms with Gasteiger partial charge in [-0.15, -0.1) is 0 Å². The Hall–Kier alpha value is -3.41. The molecule has 0 amide bonds. The first-order valence-corrected chi connectivity index (χ1v) is 11.7. The molecule has 0 spiro atoms. The second-order valence-electron chi connectivity index (χ2n) is 10.2. The minimum absolute atomic E-state index is 0.370. The Morgan fingerprint density at radius 1 is 0.800 bits per heavy atom. The third kappa shape index (κ3) is 5.16. The lowest BCUT2D eigenvalue weighted by molar-refractivity contribution is -0.179. The molecule has 6 nitrogen and oxygen atoms in total. The van der Waals surface area contributed by atoms with E-state index in [9.17, 15) is 14.4 Å². The van der Waals surface area contributed by atoms with Crippen LogP contribution < -0.4 is 0 Å². The number of aryl methyl sites for hydroxylation is 1. The van der Waals surface area contributed by atoms with Crippen LogP contribution in [0.5, 0.6) is 0 Å². The quantitative estimate of drug-likeness (QED) is 0.326. The van der Waals surface area contributed by atoms with Gasteiger partial charge >= 0.3 is 17.9 Å². The Bertz CT molecular complexity index is 1170. The number of benzene rings is 2. The molecule has 2 atom stereocenters. The summed E-state index contributed by atoms with van der Waals surface area (Å²) in [7, 11) is 1.36. The van der Waals surface area contributed by atoms with Crippen LogP contribution in [0.25, 0.3) is 12.2 Å². The molecule has 186 valence electrons. The Kier molecular flexibility index (Phi) is 7.25. The van der Waals surface area contributed by atoms with Crippen LogP contribution in [0.4, 0.5) is 0 Å². The van der Waals surface area contributed by atoms with Gasteiger partial charge in [0.05, 0.1) is 12.7 Å². The van der Waals surface area contributed by atoms with Crippen molar-refractivity contribution in [2.24, 2.45) is 0 Å². The molecule has 1 aliphatic carbocycles. The lowest BCUT2D eigenvalue weighted by Gasteiger charge is -2.51. The molecule has 3 rings (SSSR count). The van der Waals surface area contributed by atoms with Gasteiger partial charge in [-0.1, -0.05) is 64.1 Å². The van der Waals surface area contributed by atoms with Crippen molar-refractivity contribution in [2.75, 3.05) is 7.11 Å². The Labute approximate surface area is 207 Å². The highest BCUT2D eigenvalue weighted by molar-refractivity contribution is 5.89. The van der Waals surface area contributed by atoms with Crippen molar-refractivity contribution in [1.29, 1.82) is 0 Å². The number of rotatable bonds is 5. The monoisotopic (exact) mass is 478 g/mol. The second-order valence-corrected chi connectivity index (χ2v) is 10.2. The molecule has 0 N–H and O–H groups in total. The maximum Gasteiger partial charge on any atom is 0.337 e. The standard InChI is InChI=1S/C29H34O6/c1-17-15-23-24(16-22(17)14-11-20-9-12-21(13-10-20)27(32)33-8)29(6,7)26(35-19(3)31)25(28(23,4)5)34-18(2)30/h9-16,25-26H,1-8H3/t25?,26-/m0/s1. The van der Waals surface area contributed by atoms with Crippen LogP contribution in [0, 0.1) is 6.92 Å². The van der Waals surface area contributed by atoms with Gasteiger partial charge in [0.2, 0.25) is 0 Å². The average Bonchev–Trinajstić information content (AvgIpc) is 2.78. The van der Waals surface area contributed by atoms with Gasteiger partial charge in [-0.2, -0.15) is 0 Å². The third-order valence-corrected chi connectivity index (χ3v) is 6.87. The summed E-state index contributed by atoms with van der Waals surface area (Å²) in [5, 5.41) is 0. The molecule has 2 aromatic rings. The van der Waals surface area contributed by atoms with Gasteiger partial charge < -0.3 is 14.2 Å². The van der Waals surface area contributed by atoms with Crippen molar-refractivity contribution < 1.29 is 28.6 Å². The lowest BCUT2D eigenvalue weighted by atomic mass is 9.59. The van der Waals surface area contributed by atoms with Crippen LogP contribution >= 0.6 is 0 Å². The Morgan fingerprint density at radius 3 is 1.74 bits per heavy atom. The number of hydrogen-bond acceptors (Lipinski definition) is 6. The van der Waals surface area contributed by atoms with E-state index in [0.29, 0.717) is 5.56 Å². The highest BCUT2D eigenvalue weighted by Crippen LogP contribution is 2.49. The van der Waals surface area contributed by atoms with Crippen molar-refractivity contribution in [2.45, 2.75) is 71.5 Å². The first kappa shape index (κ1) is 26.2. The van der Waals surface area contributed by atoms with Gasteiger partial charge in [0.15, 0.2) is 0 Å². The van der Waals surface area contributed by atoms with Crippen LogP contribution in [-0.2, 0) is 34.6 Å². The number of fused-ring (bicyclic) bond motifs is 1. The molecule has 1 unspecified atom stereocenters. The molecule has 0 heterocycles. The number of esters is 3. The topological polar surface area (TPSA) is 78.9 Å². The Morgan fingerprint density at radius 2 is 1.29 bits per heavy atom. The van der Waals surface area contributed by atoms with E-state index in [1.54, 1.807) is 12.1 Å². The van der Waals surface area contributed by atoms with Crippen molar-refractivity contribution in [3.8, 4) is 0 Å². The molecule has 0 saturated heterocycles. The maximum absolute atomic E-state index is 12.0. The van der Waals surface area contributed by atoms with E-state index in [1.165, 1.54) is 21.0 Å². The van der Waals surface area contributed by atoms with E-state index < -0.39 is 35.0 Å². The maximum atomic E-state index is 12.0. The van der Waals surface area contributed by atoms with Gasteiger partial charge in [0.25, 0.3) is 0 Å². The van der Waals surface area contributed by atoms with Crippen LogP contribution in [0.2, 0.25) is 0 Å². The van der Waals surface area contributed by atoms with Crippen molar-refractivity contribution in [3.63, 3.8) is 0 Å². The largest absolute Gasteiger partial charge is 0.465 e.